The molecule has 9 heteroatoms. The molecule has 2 aliphatic heterocycles. The highest BCUT2D eigenvalue weighted by Gasteiger charge is 2.43. The number of rotatable bonds is 8. The summed E-state index contributed by atoms with van der Waals surface area (Å²) in [6.07, 6.45) is 2.10. The van der Waals surface area contributed by atoms with Crippen LogP contribution in [-0.4, -0.2) is 67.9 Å². The maximum atomic E-state index is 13.6. The van der Waals surface area contributed by atoms with E-state index < -0.39 is 27.6 Å². The summed E-state index contributed by atoms with van der Waals surface area (Å²) in [5.41, 5.74) is 0.175. The Morgan fingerprint density at radius 2 is 2.03 bits per heavy atom. The minimum Gasteiger partial charge on any atom is -0.486 e. The highest BCUT2D eigenvalue weighted by molar-refractivity contribution is 7.89. The molecule has 8 nitrogen and oxygen atoms in total. The molecular weight excluding hydrogens is 434 g/mol. The van der Waals surface area contributed by atoms with Gasteiger partial charge in [0.15, 0.2) is 0 Å². The summed E-state index contributed by atoms with van der Waals surface area (Å²) in [5, 5.41) is 9.15. The van der Waals surface area contributed by atoms with Gasteiger partial charge in [-0.2, -0.15) is 4.31 Å². The number of hydrogen-bond acceptors (Lipinski definition) is 7. The number of aliphatic hydroxyl groups excluding tert-OH is 1. The molecule has 32 heavy (non-hydrogen) atoms. The molecule has 1 aromatic carbocycles. The Labute approximate surface area is 190 Å². The van der Waals surface area contributed by atoms with Gasteiger partial charge in [-0.1, -0.05) is 6.07 Å². The van der Waals surface area contributed by atoms with E-state index in [1.165, 1.54) is 4.31 Å². The molecule has 0 amide bonds. The molecule has 0 aliphatic carbocycles. The van der Waals surface area contributed by atoms with Crippen LogP contribution in [-0.2, 0) is 24.3 Å². The van der Waals surface area contributed by atoms with Gasteiger partial charge in [0.1, 0.15) is 28.4 Å². The lowest BCUT2D eigenvalue weighted by molar-refractivity contribution is -0.158. The zero-order chi connectivity index (χ0) is 23.5. The molecular formula is C23H35NO7S. The largest absolute Gasteiger partial charge is 0.486 e. The first-order valence-electron chi connectivity index (χ1n) is 11.2. The zero-order valence-electron chi connectivity index (χ0n) is 19.4. The minimum absolute atomic E-state index is 0.0476. The molecule has 2 fully saturated rings. The van der Waals surface area contributed by atoms with Crippen LogP contribution in [0.15, 0.2) is 23.1 Å². The minimum atomic E-state index is -3.99. The number of hydrogen-bond donors (Lipinski definition) is 1. The third kappa shape index (κ3) is 5.81. The number of sulfonamides is 1. The van der Waals surface area contributed by atoms with Gasteiger partial charge in [0, 0.05) is 19.1 Å². The highest BCUT2D eigenvalue weighted by Crippen LogP contribution is 2.35. The molecule has 2 saturated heterocycles. The second kappa shape index (κ2) is 10.1. The summed E-state index contributed by atoms with van der Waals surface area (Å²) in [6.45, 7) is 8.40. The van der Waals surface area contributed by atoms with Gasteiger partial charge in [0.05, 0.1) is 13.2 Å². The van der Waals surface area contributed by atoms with Crippen molar-refractivity contribution in [3.8, 4) is 5.75 Å². The highest BCUT2D eigenvalue weighted by atomic mass is 32.2. The fourth-order valence-corrected chi connectivity index (χ4v) is 5.92. The van der Waals surface area contributed by atoms with Crippen LogP contribution >= 0.6 is 0 Å². The molecule has 3 atom stereocenters. The van der Waals surface area contributed by atoms with E-state index in [4.69, 9.17) is 19.3 Å². The van der Waals surface area contributed by atoms with Crippen molar-refractivity contribution >= 4 is 16.0 Å². The molecule has 0 radical (unpaired) electrons. The van der Waals surface area contributed by atoms with E-state index in [0.29, 0.717) is 32.5 Å². The molecule has 2 heterocycles. The number of ether oxygens (including phenoxy) is 3. The number of aliphatic hydroxyl groups is 1. The van der Waals surface area contributed by atoms with E-state index in [1.807, 2.05) is 6.92 Å². The van der Waals surface area contributed by atoms with Crippen LogP contribution in [0.3, 0.4) is 0 Å². The average molecular weight is 470 g/mol. The van der Waals surface area contributed by atoms with Gasteiger partial charge in [-0.15, -0.1) is 0 Å². The summed E-state index contributed by atoms with van der Waals surface area (Å²) in [7, 11) is -3.99. The van der Waals surface area contributed by atoms with E-state index in [9.17, 15) is 13.2 Å². The molecule has 0 spiro atoms. The van der Waals surface area contributed by atoms with Gasteiger partial charge in [-0.25, -0.2) is 8.42 Å². The van der Waals surface area contributed by atoms with Gasteiger partial charge < -0.3 is 19.3 Å². The molecule has 0 unspecified atom stereocenters. The Morgan fingerprint density at radius 3 is 2.72 bits per heavy atom. The maximum Gasteiger partial charge on any atom is 0.324 e. The standard InChI is InChI=1S/C23H35NO7S/c1-16-9-10-21(19(13-16)30-20-15-29-14-17(20)7-6-12-25)32(27,28)24-11-5-8-18(24)22(26)31-23(2,3)4/h9-10,13,17-18,20,25H,5-8,11-12,14-15H2,1-4H3/t17-,18+,20+/m1/s1. The first-order valence-corrected chi connectivity index (χ1v) is 12.7. The molecule has 1 aromatic rings. The van der Waals surface area contributed by atoms with Crippen LogP contribution in [0.4, 0.5) is 0 Å². The number of nitrogens with zero attached hydrogens (tertiary/aromatic N) is 1. The van der Waals surface area contributed by atoms with Crippen LogP contribution < -0.4 is 4.74 Å². The Morgan fingerprint density at radius 1 is 1.28 bits per heavy atom. The van der Waals surface area contributed by atoms with Gasteiger partial charge in [-0.05, 0) is 71.1 Å². The summed E-state index contributed by atoms with van der Waals surface area (Å²) in [5.74, 6) is -0.176. The lowest BCUT2D eigenvalue weighted by Gasteiger charge is -2.28. The number of carbonyl (C=O) groups is 1. The molecule has 0 aromatic heterocycles. The molecule has 0 saturated carbocycles. The molecule has 180 valence electrons. The number of carbonyl (C=O) groups excluding carboxylic acids is 1. The monoisotopic (exact) mass is 469 g/mol. The smallest absolute Gasteiger partial charge is 0.324 e. The lowest BCUT2D eigenvalue weighted by Crippen LogP contribution is -2.43. The fraction of sp³-hybridized carbons (Fsp3) is 0.696. The number of esters is 1. The normalized spacial score (nSPS) is 24.6. The van der Waals surface area contributed by atoms with Crippen LogP contribution in [0, 0.1) is 12.8 Å². The maximum absolute atomic E-state index is 13.6. The van der Waals surface area contributed by atoms with Crippen molar-refractivity contribution in [1.29, 1.82) is 0 Å². The summed E-state index contributed by atoms with van der Waals surface area (Å²) in [4.78, 5) is 12.8. The Hall–Kier alpha value is -1.68. The van der Waals surface area contributed by atoms with Crippen molar-refractivity contribution in [2.24, 2.45) is 5.92 Å². The third-order valence-electron chi connectivity index (χ3n) is 5.72. The van der Waals surface area contributed by atoms with E-state index in [-0.39, 0.29) is 35.8 Å². The summed E-state index contributed by atoms with van der Waals surface area (Å²) >= 11 is 0. The van der Waals surface area contributed by atoms with Crippen molar-refractivity contribution in [2.45, 2.75) is 76.0 Å². The summed E-state index contributed by atoms with van der Waals surface area (Å²) in [6, 6.07) is 4.14. The van der Waals surface area contributed by atoms with E-state index in [2.05, 4.69) is 0 Å². The van der Waals surface area contributed by atoms with Crippen LogP contribution in [0.1, 0.15) is 52.0 Å². The zero-order valence-corrected chi connectivity index (χ0v) is 20.2. The van der Waals surface area contributed by atoms with E-state index >= 15 is 0 Å². The first kappa shape index (κ1) is 25.0. The second-order valence-electron chi connectivity index (χ2n) is 9.58. The predicted octanol–water partition coefficient (Wildman–Crippen LogP) is 2.66. The van der Waals surface area contributed by atoms with Crippen molar-refractivity contribution in [3.05, 3.63) is 23.8 Å². The van der Waals surface area contributed by atoms with Crippen molar-refractivity contribution in [3.63, 3.8) is 0 Å². The SMILES string of the molecule is Cc1ccc(S(=O)(=O)N2CCC[C@H]2C(=O)OC(C)(C)C)c(O[C@H]2COC[C@H]2CCCO)c1. The van der Waals surface area contributed by atoms with E-state index in [0.717, 1.165) is 12.0 Å². The van der Waals surface area contributed by atoms with E-state index in [1.54, 1.807) is 39.0 Å². The van der Waals surface area contributed by atoms with Crippen LogP contribution in [0.25, 0.3) is 0 Å². The van der Waals surface area contributed by atoms with Crippen LogP contribution in [0.5, 0.6) is 5.75 Å². The quantitative estimate of drug-likeness (QED) is 0.584. The molecule has 1 N–H and O–H groups in total. The van der Waals surface area contributed by atoms with Gasteiger partial charge in [0.25, 0.3) is 0 Å². The number of benzene rings is 1. The van der Waals surface area contributed by atoms with Gasteiger partial charge >= 0.3 is 5.97 Å². The second-order valence-corrected chi connectivity index (χ2v) is 11.4. The Kier molecular flexibility index (Phi) is 7.85. The topological polar surface area (TPSA) is 102 Å². The third-order valence-corrected chi connectivity index (χ3v) is 7.67. The van der Waals surface area contributed by atoms with Gasteiger partial charge in [0.2, 0.25) is 10.0 Å². The van der Waals surface area contributed by atoms with Crippen molar-refractivity contribution in [1.82, 2.24) is 4.31 Å². The van der Waals surface area contributed by atoms with Gasteiger partial charge in [-0.3, -0.25) is 4.79 Å². The Bertz CT molecular complexity index is 909. The molecule has 0 bridgehead atoms. The van der Waals surface area contributed by atoms with Crippen molar-refractivity contribution < 1.29 is 32.5 Å². The average Bonchev–Trinajstić information content (AvgIpc) is 3.35. The summed E-state index contributed by atoms with van der Waals surface area (Å²) < 4.78 is 45.8. The van der Waals surface area contributed by atoms with Crippen LogP contribution in [0.2, 0.25) is 0 Å². The van der Waals surface area contributed by atoms with Crippen molar-refractivity contribution in [2.75, 3.05) is 26.4 Å². The lowest BCUT2D eigenvalue weighted by atomic mass is 10.0. The first-order chi connectivity index (χ1) is 15.0. The molecule has 2 aliphatic rings. The number of aryl methyl sites for hydroxylation is 1. The fourth-order valence-electron chi connectivity index (χ4n) is 4.18. The Balaban J connectivity index is 1.87. The predicted molar refractivity (Wildman–Crippen MR) is 119 cm³/mol. The molecule has 3 rings (SSSR count).